The Bertz CT molecular complexity index is 511. The van der Waals surface area contributed by atoms with E-state index in [4.69, 9.17) is 11.2 Å². The first-order valence-electron chi connectivity index (χ1n) is 6.09. The second-order valence-electron chi connectivity index (χ2n) is 4.39. The molecule has 0 aliphatic carbocycles. The Labute approximate surface area is 112 Å². The topological polar surface area (TPSA) is 46.6 Å². The Kier molecular flexibility index (Phi) is 3.86. The largest absolute Gasteiger partial charge is 0.497 e. The molecule has 1 aromatic rings. The third-order valence-corrected chi connectivity index (χ3v) is 3.24. The van der Waals surface area contributed by atoms with E-state index in [-0.39, 0.29) is 24.3 Å². The number of likely N-dealkylation sites (tertiary alicyclic amines) is 1. The molecule has 0 spiro atoms. The molecule has 1 fully saturated rings. The number of ether oxygens (including phenoxy) is 1. The highest BCUT2D eigenvalue weighted by atomic mass is 16.5. The molecular weight excluding hydrogens is 242 g/mol. The van der Waals surface area contributed by atoms with Crippen LogP contribution in [-0.2, 0) is 9.59 Å². The van der Waals surface area contributed by atoms with Gasteiger partial charge in [0.05, 0.1) is 13.0 Å². The lowest BCUT2D eigenvalue weighted by molar-refractivity contribution is -0.138. The highest BCUT2D eigenvalue weighted by Crippen LogP contribution is 2.22. The highest BCUT2D eigenvalue weighted by Gasteiger charge is 2.30. The number of hydrogen-bond donors (Lipinski definition) is 0. The molecule has 1 unspecified atom stereocenters. The third kappa shape index (κ3) is 2.76. The predicted octanol–water partition coefficient (Wildman–Crippen LogP) is 1.56. The van der Waals surface area contributed by atoms with Gasteiger partial charge in [0.25, 0.3) is 0 Å². The molecule has 0 radical (unpaired) electrons. The molecule has 1 aliphatic rings. The lowest BCUT2D eigenvalue weighted by Gasteiger charge is -2.19. The van der Waals surface area contributed by atoms with Crippen LogP contribution in [0, 0.1) is 12.3 Å². The number of rotatable bonds is 4. The fourth-order valence-corrected chi connectivity index (χ4v) is 2.10. The van der Waals surface area contributed by atoms with Gasteiger partial charge in [-0.2, -0.15) is 0 Å². The zero-order chi connectivity index (χ0) is 13.8. The number of hydrogen-bond acceptors (Lipinski definition) is 3. The smallest absolute Gasteiger partial charge is 0.229 e. The Morgan fingerprint density at radius 3 is 2.32 bits per heavy atom. The van der Waals surface area contributed by atoms with Crippen molar-refractivity contribution in [1.82, 2.24) is 4.90 Å². The lowest BCUT2D eigenvalue weighted by atomic mass is 9.99. The third-order valence-electron chi connectivity index (χ3n) is 3.24. The molecule has 19 heavy (non-hydrogen) atoms. The van der Waals surface area contributed by atoms with Gasteiger partial charge < -0.3 is 4.74 Å². The van der Waals surface area contributed by atoms with Crippen LogP contribution in [0.2, 0.25) is 0 Å². The number of carbonyl (C=O) groups excluding carboxylic acids is 2. The van der Waals surface area contributed by atoms with Crippen LogP contribution in [0.5, 0.6) is 5.75 Å². The number of nitrogens with zero attached hydrogens (tertiary/aromatic N) is 1. The molecule has 0 N–H and O–H groups in total. The van der Waals surface area contributed by atoms with Gasteiger partial charge in [0.1, 0.15) is 5.75 Å². The standard InChI is InChI=1S/C15H15NO3/c1-3-11(10-16-14(17)8-9-15(16)18)12-4-6-13(19-2)7-5-12/h1,4-7,11H,8-10H2,2H3. The van der Waals surface area contributed by atoms with Crippen LogP contribution in [0.3, 0.4) is 0 Å². The van der Waals surface area contributed by atoms with E-state index in [2.05, 4.69) is 5.92 Å². The van der Waals surface area contributed by atoms with Crippen LogP contribution >= 0.6 is 0 Å². The quantitative estimate of drug-likeness (QED) is 0.607. The van der Waals surface area contributed by atoms with Crippen LogP contribution in [0.1, 0.15) is 24.3 Å². The summed E-state index contributed by atoms with van der Waals surface area (Å²) >= 11 is 0. The number of carbonyl (C=O) groups is 2. The summed E-state index contributed by atoms with van der Waals surface area (Å²) in [4.78, 5) is 24.4. The van der Waals surface area contributed by atoms with Crippen LogP contribution in [0.25, 0.3) is 0 Å². The van der Waals surface area contributed by atoms with Crippen molar-refractivity contribution in [3.05, 3.63) is 29.8 Å². The Hall–Kier alpha value is -2.28. The molecule has 4 nitrogen and oxygen atoms in total. The van der Waals surface area contributed by atoms with Gasteiger partial charge in [-0.15, -0.1) is 6.42 Å². The minimum atomic E-state index is -0.281. The van der Waals surface area contributed by atoms with Gasteiger partial charge in [0, 0.05) is 19.4 Å². The lowest BCUT2D eigenvalue weighted by Crippen LogP contribution is -2.32. The van der Waals surface area contributed by atoms with E-state index in [0.29, 0.717) is 12.8 Å². The molecule has 1 atom stereocenters. The average molecular weight is 257 g/mol. The summed E-state index contributed by atoms with van der Waals surface area (Å²) in [6, 6.07) is 7.34. The van der Waals surface area contributed by atoms with E-state index >= 15 is 0 Å². The fraction of sp³-hybridized carbons (Fsp3) is 0.333. The van der Waals surface area contributed by atoms with Crippen molar-refractivity contribution < 1.29 is 14.3 Å². The molecular formula is C15H15NO3. The van der Waals surface area contributed by atoms with Crippen LogP contribution in [-0.4, -0.2) is 30.4 Å². The highest BCUT2D eigenvalue weighted by molar-refractivity contribution is 6.02. The van der Waals surface area contributed by atoms with Crippen molar-refractivity contribution in [2.24, 2.45) is 0 Å². The van der Waals surface area contributed by atoms with Gasteiger partial charge in [0.15, 0.2) is 0 Å². The minimum Gasteiger partial charge on any atom is -0.497 e. The first-order valence-corrected chi connectivity index (χ1v) is 6.09. The molecule has 1 aliphatic heterocycles. The predicted molar refractivity (Wildman–Crippen MR) is 70.5 cm³/mol. The first-order chi connectivity index (χ1) is 9.15. The number of benzene rings is 1. The van der Waals surface area contributed by atoms with Crippen molar-refractivity contribution in [3.8, 4) is 18.1 Å². The number of amides is 2. The first kappa shape index (κ1) is 13.2. The van der Waals surface area contributed by atoms with Gasteiger partial charge in [0.2, 0.25) is 11.8 Å². The van der Waals surface area contributed by atoms with E-state index < -0.39 is 0 Å². The molecule has 4 heteroatoms. The average Bonchev–Trinajstić information content (AvgIpc) is 2.76. The van der Waals surface area contributed by atoms with Gasteiger partial charge in [-0.25, -0.2) is 0 Å². The van der Waals surface area contributed by atoms with E-state index in [1.807, 2.05) is 24.3 Å². The van der Waals surface area contributed by atoms with Gasteiger partial charge >= 0.3 is 0 Å². The summed E-state index contributed by atoms with van der Waals surface area (Å²) in [7, 11) is 1.59. The fourth-order valence-electron chi connectivity index (χ4n) is 2.10. The molecule has 98 valence electrons. The molecule has 0 saturated carbocycles. The van der Waals surface area contributed by atoms with Crippen molar-refractivity contribution >= 4 is 11.8 Å². The van der Waals surface area contributed by atoms with Crippen LogP contribution in [0.4, 0.5) is 0 Å². The van der Waals surface area contributed by atoms with E-state index in [9.17, 15) is 9.59 Å². The van der Waals surface area contributed by atoms with E-state index in [1.54, 1.807) is 7.11 Å². The number of methoxy groups -OCH3 is 1. The maximum absolute atomic E-state index is 11.6. The monoisotopic (exact) mass is 257 g/mol. The van der Waals surface area contributed by atoms with Crippen LogP contribution in [0.15, 0.2) is 24.3 Å². The molecule has 1 heterocycles. The van der Waals surface area contributed by atoms with Crippen molar-refractivity contribution in [2.75, 3.05) is 13.7 Å². The molecule has 2 amide bonds. The van der Waals surface area contributed by atoms with Crippen molar-refractivity contribution in [2.45, 2.75) is 18.8 Å². The Morgan fingerprint density at radius 2 is 1.84 bits per heavy atom. The van der Waals surface area contributed by atoms with Crippen molar-refractivity contribution in [1.29, 1.82) is 0 Å². The van der Waals surface area contributed by atoms with E-state index in [1.165, 1.54) is 4.90 Å². The maximum Gasteiger partial charge on any atom is 0.229 e. The minimum absolute atomic E-state index is 0.140. The van der Waals surface area contributed by atoms with Gasteiger partial charge in [-0.1, -0.05) is 18.1 Å². The molecule has 1 aromatic carbocycles. The summed E-state index contributed by atoms with van der Waals surface area (Å²) in [5.41, 5.74) is 0.899. The molecule has 0 aromatic heterocycles. The van der Waals surface area contributed by atoms with Crippen LogP contribution < -0.4 is 4.74 Å². The normalized spacial score (nSPS) is 16.3. The molecule has 0 bridgehead atoms. The number of imide groups is 1. The van der Waals surface area contributed by atoms with Crippen molar-refractivity contribution in [3.63, 3.8) is 0 Å². The Morgan fingerprint density at radius 1 is 1.26 bits per heavy atom. The second-order valence-corrected chi connectivity index (χ2v) is 4.39. The summed E-state index contributed by atoms with van der Waals surface area (Å²) < 4.78 is 5.08. The zero-order valence-corrected chi connectivity index (χ0v) is 10.8. The molecule has 2 rings (SSSR count). The number of terminal acetylenes is 1. The van der Waals surface area contributed by atoms with Gasteiger partial charge in [-0.05, 0) is 17.7 Å². The SMILES string of the molecule is C#CC(CN1C(=O)CCC1=O)c1ccc(OC)cc1. The summed E-state index contributed by atoms with van der Waals surface area (Å²) in [5, 5.41) is 0. The zero-order valence-electron chi connectivity index (χ0n) is 10.8. The summed E-state index contributed by atoms with van der Waals surface area (Å²) in [5.74, 6) is 2.82. The summed E-state index contributed by atoms with van der Waals surface area (Å²) in [6.45, 7) is 0.250. The Balaban J connectivity index is 2.13. The maximum atomic E-state index is 11.6. The van der Waals surface area contributed by atoms with E-state index in [0.717, 1.165) is 11.3 Å². The second kappa shape index (κ2) is 5.57. The summed E-state index contributed by atoms with van der Waals surface area (Å²) in [6.07, 6.45) is 6.09. The molecule has 1 saturated heterocycles. The van der Waals surface area contributed by atoms with Gasteiger partial charge in [-0.3, -0.25) is 14.5 Å².